The van der Waals surface area contributed by atoms with Gasteiger partial charge in [-0.05, 0) is 38.5 Å². The summed E-state index contributed by atoms with van der Waals surface area (Å²) in [6, 6.07) is 5.75. The average molecular weight is 208 g/mol. The first-order chi connectivity index (χ1) is 7.10. The highest BCUT2D eigenvalue weighted by Crippen LogP contribution is 2.26. The van der Waals surface area contributed by atoms with Crippen LogP contribution in [-0.4, -0.2) is 18.2 Å². The van der Waals surface area contributed by atoms with Gasteiger partial charge in [-0.1, -0.05) is 6.07 Å². The molecule has 0 aliphatic carbocycles. The van der Waals surface area contributed by atoms with Gasteiger partial charge in [0.2, 0.25) is 0 Å². The summed E-state index contributed by atoms with van der Waals surface area (Å²) < 4.78 is 0. The molecule has 1 rings (SSSR count). The fourth-order valence-corrected chi connectivity index (χ4v) is 1.69. The second-order valence-electron chi connectivity index (χ2n) is 3.67. The second-order valence-corrected chi connectivity index (χ2v) is 3.67. The van der Waals surface area contributed by atoms with Gasteiger partial charge in [0.05, 0.1) is 17.5 Å². The second kappa shape index (κ2) is 5.03. The van der Waals surface area contributed by atoms with Crippen molar-refractivity contribution in [3.63, 3.8) is 0 Å². The lowest BCUT2D eigenvalue weighted by Crippen LogP contribution is -2.22. The largest absolute Gasteiger partial charge is 0.397 e. The van der Waals surface area contributed by atoms with Crippen LogP contribution >= 0.6 is 0 Å². The number of hydrogen-bond donors (Lipinski definition) is 2. The van der Waals surface area contributed by atoms with E-state index in [-0.39, 0.29) is 0 Å². The minimum absolute atomic E-state index is 0.460. The Morgan fingerprint density at radius 2 is 1.93 bits per heavy atom. The van der Waals surface area contributed by atoms with Gasteiger partial charge in [-0.2, -0.15) is 0 Å². The Morgan fingerprint density at radius 3 is 2.33 bits per heavy atom. The molecule has 0 aliphatic heterocycles. The summed E-state index contributed by atoms with van der Waals surface area (Å²) >= 11 is 0. The van der Waals surface area contributed by atoms with Crippen molar-refractivity contribution in [2.45, 2.75) is 26.9 Å². The van der Waals surface area contributed by atoms with E-state index in [0.29, 0.717) is 0 Å². The number of nitrogen functional groups attached to an aromatic ring is 1. The van der Waals surface area contributed by atoms with Crippen LogP contribution in [0.25, 0.3) is 0 Å². The van der Waals surface area contributed by atoms with Crippen LogP contribution in [0.5, 0.6) is 0 Å². The van der Waals surface area contributed by atoms with Crippen molar-refractivity contribution in [1.82, 2.24) is 0 Å². The molecule has 0 spiro atoms. The normalized spacial score (nSPS) is 12.5. The predicted octanol–water partition coefficient (Wildman–Crippen LogP) is 2.17. The van der Waals surface area contributed by atoms with Crippen molar-refractivity contribution in [2.75, 3.05) is 23.7 Å². The highest BCUT2D eigenvalue weighted by Gasteiger charge is 2.08. The molecular weight excluding hydrogens is 188 g/mol. The first-order valence-corrected chi connectivity index (χ1v) is 5.42. The highest BCUT2D eigenvalue weighted by atomic mass is 16.3. The third-order valence-electron chi connectivity index (χ3n) is 2.64. The summed E-state index contributed by atoms with van der Waals surface area (Å²) in [5, 5.41) is 9.42. The molecule has 0 saturated heterocycles. The number of benzene rings is 1. The van der Waals surface area contributed by atoms with Crippen LogP contribution in [0.1, 0.15) is 32.4 Å². The maximum atomic E-state index is 9.42. The number of aliphatic hydroxyl groups excluding tert-OH is 1. The van der Waals surface area contributed by atoms with E-state index in [2.05, 4.69) is 18.7 Å². The van der Waals surface area contributed by atoms with E-state index >= 15 is 0 Å². The fourth-order valence-electron chi connectivity index (χ4n) is 1.69. The third kappa shape index (κ3) is 2.63. The summed E-state index contributed by atoms with van der Waals surface area (Å²) in [6.07, 6.45) is -0.460. The van der Waals surface area contributed by atoms with E-state index in [1.807, 2.05) is 18.2 Å². The molecule has 0 bridgehead atoms. The maximum Gasteiger partial charge on any atom is 0.0762 e. The zero-order chi connectivity index (χ0) is 11.4. The van der Waals surface area contributed by atoms with E-state index < -0.39 is 6.10 Å². The van der Waals surface area contributed by atoms with Crippen molar-refractivity contribution in [3.05, 3.63) is 23.8 Å². The van der Waals surface area contributed by atoms with E-state index in [4.69, 9.17) is 5.73 Å². The van der Waals surface area contributed by atoms with Gasteiger partial charge in [0.15, 0.2) is 0 Å². The van der Waals surface area contributed by atoms with E-state index in [0.717, 1.165) is 30.0 Å². The lowest BCUT2D eigenvalue weighted by molar-refractivity contribution is 0.199. The van der Waals surface area contributed by atoms with E-state index in [1.165, 1.54) is 0 Å². The molecule has 15 heavy (non-hydrogen) atoms. The Morgan fingerprint density at radius 1 is 1.33 bits per heavy atom. The summed E-state index contributed by atoms with van der Waals surface area (Å²) in [6.45, 7) is 7.83. The average Bonchev–Trinajstić information content (AvgIpc) is 2.21. The minimum Gasteiger partial charge on any atom is -0.397 e. The Kier molecular flexibility index (Phi) is 3.97. The van der Waals surface area contributed by atoms with Crippen LogP contribution in [0, 0.1) is 0 Å². The Labute approximate surface area is 91.5 Å². The molecule has 0 aliphatic rings. The van der Waals surface area contributed by atoms with Gasteiger partial charge in [-0.3, -0.25) is 0 Å². The Balaban J connectivity index is 3.02. The first kappa shape index (κ1) is 11.9. The molecule has 3 heteroatoms. The van der Waals surface area contributed by atoms with Gasteiger partial charge >= 0.3 is 0 Å². The first-order valence-electron chi connectivity index (χ1n) is 5.42. The zero-order valence-corrected chi connectivity index (χ0v) is 9.70. The number of nitrogens with zero attached hydrogens (tertiary/aromatic N) is 1. The molecule has 84 valence electrons. The van der Waals surface area contributed by atoms with Crippen molar-refractivity contribution >= 4 is 11.4 Å². The van der Waals surface area contributed by atoms with E-state index in [9.17, 15) is 5.11 Å². The third-order valence-corrected chi connectivity index (χ3v) is 2.64. The molecule has 0 aromatic heterocycles. The van der Waals surface area contributed by atoms with Gasteiger partial charge in [0, 0.05) is 13.1 Å². The predicted molar refractivity (Wildman–Crippen MR) is 65.0 cm³/mol. The molecule has 3 N–H and O–H groups in total. The number of aliphatic hydroxyl groups is 1. The smallest absolute Gasteiger partial charge is 0.0762 e. The standard InChI is InChI=1S/C12H20N2O/c1-4-14(5-2)12-7-6-10(9(3)15)8-11(12)13/h6-9,15H,4-5,13H2,1-3H3/t9-/m1/s1. The summed E-state index contributed by atoms with van der Waals surface area (Å²) in [5.74, 6) is 0. The molecule has 1 aromatic carbocycles. The molecule has 3 nitrogen and oxygen atoms in total. The SMILES string of the molecule is CCN(CC)c1ccc([C@@H](C)O)cc1N. The van der Waals surface area contributed by atoms with Gasteiger partial charge in [-0.15, -0.1) is 0 Å². The van der Waals surface area contributed by atoms with Crippen molar-refractivity contribution < 1.29 is 5.11 Å². The maximum absolute atomic E-state index is 9.42. The number of anilines is 2. The summed E-state index contributed by atoms with van der Waals surface area (Å²) in [4.78, 5) is 2.20. The molecule has 1 aromatic rings. The topological polar surface area (TPSA) is 49.5 Å². The molecular formula is C12H20N2O. The molecule has 0 unspecified atom stereocenters. The molecule has 0 radical (unpaired) electrons. The van der Waals surface area contributed by atoms with Gasteiger partial charge < -0.3 is 15.7 Å². The van der Waals surface area contributed by atoms with E-state index in [1.54, 1.807) is 6.92 Å². The molecule has 0 fully saturated rings. The monoisotopic (exact) mass is 208 g/mol. The van der Waals surface area contributed by atoms with Crippen molar-refractivity contribution in [3.8, 4) is 0 Å². The Hall–Kier alpha value is -1.22. The lowest BCUT2D eigenvalue weighted by Gasteiger charge is -2.23. The number of hydrogen-bond acceptors (Lipinski definition) is 3. The van der Waals surface area contributed by atoms with Crippen LogP contribution in [-0.2, 0) is 0 Å². The van der Waals surface area contributed by atoms with Crippen LogP contribution in [0.4, 0.5) is 11.4 Å². The van der Waals surface area contributed by atoms with Gasteiger partial charge in [-0.25, -0.2) is 0 Å². The zero-order valence-electron chi connectivity index (χ0n) is 9.70. The Bertz CT molecular complexity index is 319. The molecule has 0 heterocycles. The van der Waals surface area contributed by atoms with Crippen LogP contribution in [0.15, 0.2) is 18.2 Å². The highest BCUT2D eigenvalue weighted by molar-refractivity contribution is 5.68. The van der Waals surface area contributed by atoms with Crippen molar-refractivity contribution in [2.24, 2.45) is 0 Å². The quantitative estimate of drug-likeness (QED) is 0.745. The fraction of sp³-hybridized carbons (Fsp3) is 0.500. The summed E-state index contributed by atoms with van der Waals surface area (Å²) in [5.41, 5.74) is 8.60. The van der Waals surface area contributed by atoms with Crippen molar-refractivity contribution in [1.29, 1.82) is 0 Å². The molecule has 0 amide bonds. The molecule has 0 saturated carbocycles. The van der Waals surface area contributed by atoms with Gasteiger partial charge in [0.1, 0.15) is 0 Å². The number of nitrogens with two attached hydrogens (primary N) is 1. The minimum atomic E-state index is -0.460. The van der Waals surface area contributed by atoms with Gasteiger partial charge in [0.25, 0.3) is 0 Å². The summed E-state index contributed by atoms with van der Waals surface area (Å²) in [7, 11) is 0. The lowest BCUT2D eigenvalue weighted by atomic mass is 10.1. The van der Waals surface area contributed by atoms with Crippen LogP contribution in [0.2, 0.25) is 0 Å². The number of rotatable bonds is 4. The van der Waals surface area contributed by atoms with Crippen LogP contribution < -0.4 is 10.6 Å². The van der Waals surface area contributed by atoms with Crippen LogP contribution in [0.3, 0.4) is 0 Å². The molecule has 1 atom stereocenters.